The van der Waals surface area contributed by atoms with Crippen molar-refractivity contribution in [3.63, 3.8) is 0 Å². The number of methoxy groups -OCH3 is 1. The molecule has 0 bridgehead atoms. The Morgan fingerprint density at radius 2 is 1.74 bits per heavy atom. The number of hydrogen-bond acceptors (Lipinski definition) is 7. The predicted octanol–water partition coefficient (Wildman–Crippen LogP) is 5.35. The first kappa shape index (κ1) is 27.6. The average molecular weight is 562 g/mol. The summed E-state index contributed by atoms with van der Waals surface area (Å²) in [6.45, 7) is 3.37. The van der Waals surface area contributed by atoms with Gasteiger partial charge < -0.3 is 19.1 Å². The fraction of sp³-hybridized carbons (Fsp3) is 0.429. The number of amides is 1. The van der Waals surface area contributed by atoms with Gasteiger partial charge in [0.15, 0.2) is 5.79 Å². The molecule has 0 aliphatic carbocycles. The average Bonchev–Trinajstić information content (AvgIpc) is 3.59. The van der Waals surface area contributed by atoms with Crippen LogP contribution in [0.3, 0.4) is 0 Å². The summed E-state index contributed by atoms with van der Waals surface area (Å²) in [7, 11) is 1.59. The summed E-state index contributed by atoms with van der Waals surface area (Å²) in [5.41, 5.74) is 1.23. The molecule has 2 aliphatic rings. The topological polar surface area (TPSA) is 64.1 Å². The van der Waals surface area contributed by atoms with E-state index in [1.807, 2.05) is 29.2 Å². The van der Waals surface area contributed by atoms with Gasteiger partial charge in [0.2, 0.25) is 0 Å². The van der Waals surface area contributed by atoms with E-state index in [4.69, 9.17) is 14.2 Å². The van der Waals surface area contributed by atoms with E-state index in [2.05, 4.69) is 4.98 Å². The summed E-state index contributed by atoms with van der Waals surface area (Å²) < 4.78 is 56.7. The molecule has 0 radical (unpaired) electrons. The van der Waals surface area contributed by atoms with E-state index in [1.165, 1.54) is 23.5 Å². The highest BCUT2D eigenvalue weighted by Gasteiger charge is 2.41. The Labute approximate surface area is 229 Å². The number of benzene rings is 2. The fourth-order valence-corrected chi connectivity index (χ4v) is 5.74. The lowest BCUT2D eigenvalue weighted by molar-refractivity contribution is -0.181. The Balaban J connectivity index is 1.29. The molecule has 0 N–H and O–H groups in total. The third kappa shape index (κ3) is 6.78. The van der Waals surface area contributed by atoms with Crippen molar-refractivity contribution in [2.45, 2.75) is 44.4 Å². The van der Waals surface area contributed by atoms with Gasteiger partial charge in [0.1, 0.15) is 16.5 Å². The Kier molecular flexibility index (Phi) is 8.22. The van der Waals surface area contributed by atoms with E-state index in [9.17, 15) is 18.0 Å². The molecule has 5 rings (SSSR count). The van der Waals surface area contributed by atoms with Crippen LogP contribution in [0.4, 0.5) is 13.2 Å². The third-order valence-electron chi connectivity index (χ3n) is 6.98. The monoisotopic (exact) mass is 561 g/mol. The molecule has 2 aliphatic heterocycles. The van der Waals surface area contributed by atoms with Crippen molar-refractivity contribution >= 4 is 17.2 Å². The Morgan fingerprint density at radius 3 is 2.41 bits per heavy atom. The van der Waals surface area contributed by atoms with Gasteiger partial charge in [0.25, 0.3) is 5.91 Å². The molecule has 208 valence electrons. The van der Waals surface area contributed by atoms with Gasteiger partial charge in [-0.05, 0) is 29.3 Å². The van der Waals surface area contributed by atoms with Crippen molar-refractivity contribution in [1.82, 2.24) is 14.8 Å². The highest BCUT2D eigenvalue weighted by molar-refractivity contribution is 7.09. The minimum atomic E-state index is -4.41. The van der Waals surface area contributed by atoms with Gasteiger partial charge >= 0.3 is 6.18 Å². The normalized spacial score (nSPS) is 17.2. The lowest BCUT2D eigenvalue weighted by atomic mass is 10.0. The van der Waals surface area contributed by atoms with Gasteiger partial charge in [-0.25, -0.2) is 4.98 Å². The number of thiazole rings is 1. The highest BCUT2D eigenvalue weighted by atomic mass is 32.1. The Bertz CT molecular complexity index is 1270. The maximum atomic E-state index is 13.3. The van der Waals surface area contributed by atoms with E-state index >= 15 is 0 Å². The van der Waals surface area contributed by atoms with E-state index in [-0.39, 0.29) is 12.5 Å². The summed E-state index contributed by atoms with van der Waals surface area (Å²) in [4.78, 5) is 21.5. The molecule has 2 saturated heterocycles. The van der Waals surface area contributed by atoms with E-state index in [0.717, 1.165) is 22.4 Å². The summed E-state index contributed by atoms with van der Waals surface area (Å²) in [6, 6.07) is 12.9. The van der Waals surface area contributed by atoms with Crippen LogP contribution in [0.5, 0.6) is 5.75 Å². The van der Waals surface area contributed by atoms with Crippen LogP contribution in [-0.2, 0) is 35.3 Å². The van der Waals surface area contributed by atoms with Crippen LogP contribution in [0.2, 0.25) is 0 Å². The second kappa shape index (κ2) is 11.6. The summed E-state index contributed by atoms with van der Waals surface area (Å²) in [6.07, 6.45) is -3.16. The predicted molar refractivity (Wildman–Crippen MR) is 139 cm³/mol. The van der Waals surface area contributed by atoms with Gasteiger partial charge in [-0.3, -0.25) is 9.69 Å². The second-order valence-corrected chi connectivity index (χ2v) is 10.7. The first-order valence-electron chi connectivity index (χ1n) is 12.8. The first-order valence-corrected chi connectivity index (χ1v) is 13.6. The molecule has 1 amide bonds. The number of piperidine rings is 1. The van der Waals surface area contributed by atoms with Gasteiger partial charge in [0.05, 0.1) is 32.4 Å². The molecular weight excluding hydrogens is 531 g/mol. The largest absolute Gasteiger partial charge is 0.497 e. The molecule has 3 heterocycles. The molecule has 0 unspecified atom stereocenters. The number of nitrogens with zero attached hydrogens (tertiary/aromatic N) is 3. The van der Waals surface area contributed by atoms with E-state index in [0.29, 0.717) is 63.5 Å². The van der Waals surface area contributed by atoms with Crippen LogP contribution in [0, 0.1) is 0 Å². The van der Waals surface area contributed by atoms with Crippen LogP contribution in [0.25, 0.3) is 0 Å². The summed E-state index contributed by atoms with van der Waals surface area (Å²) in [5.74, 6) is 0.0286. The molecule has 0 atom stereocenters. The van der Waals surface area contributed by atoms with Crippen LogP contribution < -0.4 is 4.74 Å². The first-order chi connectivity index (χ1) is 18.7. The lowest BCUT2D eigenvalue weighted by Gasteiger charge is -2.37. The van der Waals surface area contributed by atoms with Gasteiger partial charge in [-0.2, -0.15) is 13.2 Å². The molecule has 2 fully saturated rings. The quantitative estimate of drug-likeness (QED) is 0.370. The molecule has 0 saturated carbocycles. The molecular formula is C28H30F3N3O4S. The maximum Gasteiger partial charge on any atom is 0.416 e. The minimum Gasteiger partial charge on any atom is -0.497 e. The SMILES string of the molecule is COc1ccc(CN(Cc2cccc(C(F)(F)F)c2)Cc2nc(C(=O)N3CCC4(CC3)OCCO4)cs2)cc1. The van der Waals surface area contributed by atoms with Crippen molar-refractivity contribution < 1.29 is 32.2 Å². The number of alkyl halides is 3. The minimum absolute atomic E-state index is 0.134. The van der Waals surface area contributed by atoms with Crippen molar-refractivity contribution in [3.05, 3.63) is 81.3 Å². The number of rotatable bonds is 8. The second-order valence-electron chi connectivity index (χ2n) is 9.72. The van der Waals surface area contributed by atoms with Gasteiger partial charge in [-0.1, -0.05) is 30.3 Å². The number of aromatic nitrogens is 1. The number of likely N-dealkylation sites (tertiary alicyclic amines) is 1. The van der Waals surface area contributed by atoms with Crippen molar-refractivity contribution in [2.24, 2.45) is 0 Å². The highest BCUT2D eigenvalue weighted by Crippen LogP contribution is 2.32. The molecule has 1 spiro atoms. The maximum absolute atomic E-state index is 13.3. The van der Waals surface area contributed by atoms with Gasteiger partial charge in [-0.15, -0.1) is 11.3 Å². The molecule has 7 nitrogen and oxygen atoms in total. The zero-order valence-corrected chi connectivity index (χ0v) is 22.4. The number of hydrogen-bond donors (Lipinski definition) is 0. The smallest absolute Gasteiger partial charge is 0.416 e. The number of ether oxygens (including phenoxy) is 3. The fourth-order valence-electron chi connectivity index (χ4n) is 4.93. The van der Waals surface area contributed by atoms with Crippen LogP contribution >= 0.6 is 11.3 Å². The summed E-state index contributed by atoms with van der Waals surface area (Å²) >= 11 is 1.37. The van der Waals surface area contributed by atoms with Crippen LogP contribution in [0.1, 0.15) is 45.0 Å². The van der Waals surface area contributed by atoms with Crippen molar-refractivity contribution in [3.8, 4) is 5.75 Å². The Hall–Kier alpha value is -2.99. The van der Waals surface area contributed by atoms with E-state index in [1.54, 1.807) is 23.5 Å². The number of carbonyl (C=O) groups excluding carboxylic acids is 1. The third-order valence-corrected chi connectivity index (χ3v) is 7.82. The molecule has 3 aromatic rings. The number of carbonyl (C=O) groups is 1. The lowest BCUT2D eigenvalue weighted by Crippen LogP contribution is -2.47. The Morgan fingerprint density at radius 1 is 1.05 bits per heavy atom. The zero-order valence-electron chi connectivity index (χ0n) is 21.6. The number of halogens is 3. The summed E-state index contributed by atoms with van der Waals surface area (Å²) in [5, 5.41) is 2.47. The van der Waals surface area contributed by atoms with E-state index < -0.39 is 17.5 Å². The van der Waals surface area contributed by atoms with Crippen LogP contribution in [-0.4, -0.2) is 59.9 Å². The molecule has 39 heavy (non-hydrogen) atoms. The standard InChI is InChI=1S/C28H30F3N3O4S/c1-36-23-7-5-20(6-8-23)16-33(17-21-3-2-4-22(15-21)28(29,30)31)18-25-32-24(19-39-25)26(35)34-11-9-27(10-12-34)37-13-14-38-27/h2-8,15,19H,9-14,16-18H2,1H3. The molecule has 1 aromatic heterocycles. The zero-order chi connectivity index (χ0) is 27.5. The van der Waals surface area contributed by atoms with Crippen LogP contribution in [0.15, 0.2) is 53.9 Å². The molecule has 2 aromatic carbocycles. The van der Waals surface area contributed by atoms with Gasteiger partial charge in [0, 0.05) is 44.4 Å². The van der Waals surface area contributed by atoms with Crippen molar-refractivity contribution in [1.29, 1.82) is 0 Å². The van der Waals surface area contributed by atoms with Crippen molar-refractivity contribution in [2.75, 3.05) is 33.4 Å². The molecule has 11 heteroatoms.